The highest BCUT2D eigenvalue weighted by atomic mass is 16.5. The van der Waals surface area contributed by atoms with Crippen LogP contribution in [0.4, 0.5) is 5.95 Å². The maximum absolute atomic E-state index is 13.5. The number of Topliss-reactive ketones (excluding diaryl/α,β-unsaturated/α-hetero) is 1. The molecular weight excluding hydrogens is 454 g/mol. The van der Waals surface area contributed by atoms with Gasteiger partial charge in [-0.05, 0) is 30.4 Å². The standard InChI is InChI=1S/C28H31N5O3/c1-3-29-28-31-26-24(27(32-28)36-16-21-12-8-5-9-13-21)30-18-33(26)23-14-19(2)22(25(23)34)17-35-15-20-10-6-4-7-11-20/h4-13,18-19,22-23H,3,14-17H2,1-2H3,(H,29,31,32)/t19-,22+,23?/m0/s1/i1T. The summed E-state index contributed by atoms with van der Waals surface area (Å²) < 4.78 is 21.3. The minimum atomic E-state index is -0.383. The summed E-state index contributed by atoms with van der Waals surface area (Å²) in [5.41, 5.74) is 3.15. The Morgan fingerprint density at radius 2 is 1.78 bits per heavy atom. The summed E-state index contributed by atoms with van der Waals surface area (Å²) >= 11 is 0. The fraction of sp³-hybridized carbons (Fsp3) is 0.357. The van der Waals surface area contributed by atoms with E-state index in [2.05, 4.69) is 27.2 Å². The lowest BCUT2D eigenvalue weighted by Gasteiger charge is -2.15. The highest BCUT2D eigenvalue weighted by Crippen LogP contribution is 2.38. The maximum atomic E-state index is 13.5. The molecule has 1 fully saturated rings. The molecular formula is C28H31N5O3. The number of hydrogen-bond acceptors (Lipinski definition) is 7. The van der Waals surface area contributed by atoms with Gasteiger partial charge in [0.05, 0.1) is 25.6 Å². The number of benzene rings is 2. The third kappa shape index (κ3) is 5.09. The Balaban J connectivity index is 1.36. The Hall–Kier alpha value is -3.78. The molecule has 8 heteroatoms. The van der Waals surface area contributed by atoms with E-state index in [0.29, 0.717) is 55.8 Å². The van der Waals surface area contributed by atoms with Crippen molar-refractivity contribution >= 4 is 22.9 Å². The van der Waals surface area contributed by atoms with Gasteiger partial charge in [-0.15, -0.1) is 0 Å². The van der Waals surface area contributed by atoms with Crippen molar-refractivity contribution in [1.29, 1.82) is 0 Å². The molecule has 2 aromatic heterocycles. The summed E-state index contributed by atoms with van der Waals surface area (Å²) in [7, 11) is 0. The van der Waals surface area contributed by atoms with Crippen molar-refractivity contribution in [3.8, 4) is 5.88 Å². The number of nitrogens with zero attached hydrogens (tertiary/aromatic N) is 4. The summed E-state index contributed by atoms with van der Waals surface area (Å²) in [6.07, 6.45) is 2.34. The van der Waals surface area contributed by atoms with E-state index >= 15 is 0 Å². The van der Waals surface area contributed by atoms with Crippen molar-refractivity contribution in [2.24, 2.45) is 11.8 Å². The fourth-order valence-electron chi connectivity index (χ4n) is 4.67. The predicted molar refractivity (Wildman–Crippen MR) is 138 cm³/mol. The number of fused-ring (bicyclic) bond motifs is 1. The molecule has 2 aromatic carbocycles. The number of hydrogen-bond donors (Lipinski definition) is 1. The highest BCUT2D eigenvalue weighted by molar-refractivity contribution is 5.89. The van der Waals surface area contributed by atoms with Crippen LogP contribution in [0.1, 0.15) is 38.8 Å². The van der Waals surface area contributed by atoms with Crippen molar-refractivity contribution < 1.29 is 15.6 Å². The first-order chi connectivity index (χ1) is 18.1. The van der Waals surface area contributed by atoms with Crippen molar-refractivity contribution in [2.75, 3.05) is 18.5 Å². The number of nitrogens with one attached hydrogen (secondary N) is 1. The first kappa shape index (κ1) is 22.7. The Morgan fingerprint density at radius 3 is 2.50 bits per heavy atom. The average Bonchev–Trinajstić information content (AvgIpc) is 3.47. The number of ketones is 1. The molecule has 0 radical (unpaired) electrons. The molecule has 1 N–H and O–H groups in total. The van der Waals surface area contributed by atoms with E-state index in [-0.39, 0.29) is 30.6 Å². The molecule has 0 bridgehead atoms. The van der Waals surface area contributed by atoms with Crippen LogP contribution in [0.3, 0.4) is 0 Å². The fourth-order valence-corrected chi connectivity index (χ4v) is 4.67. The Kier molecular flexibility index (Phi) is 6.84. The van der Waals surface area contributed by atoms with Crippen LogP contribution in [-0.2, 0) is 22.7 Å². The highest BCUT2D eigenvalue weighted by Gasteiger charge is 2.41. The Bertz CT molecular complexity index is 1330. The van der Waals surface area contributed by atoms with Crippen molar-refractivity contribution in [2.45, 2.75) is 39.5 Å². The molecule has 36 heavy (non-hydrogen) atoms. The number of carbonyl (C=O) groups is 1. The second-order valence-corrected chi connectivity index (χ2v) is 9.12. The zero-order chi connectivity index (χ0) is 25.6. The van der Waals surface area contributed by atoms with Gasteiger partial charge in [-0.3, -0.25) is 4.79 Å². The molecule has 0 spiro atoms. The predicted octanol–water partition coefficient (Wildman–Crippen LogP) is 4.82. The number of imidazole rings is 1. The Labute approximate surface area is 212 Å². The van der Waals surface area contributed by atoms with E-state index in [1.165, 1.54) is 0 Å². The lowest BCUT2D eigenvalue weighted by atomic mass is 9.99. The Morgan fingerprint density at radius 1 is 1.06 bits per heavy atom. The van der Waals surface area contributed by atoms with Crippen LogP contribution in [0.2, 0.25) is 0 Å². The third-order valence-corrected chi connectivity index (χ3v) is 6.61. The lowest BCUT2D eigenvalue weighted by molar-refractivity contribution is -0.125. The second kappa shape index (κ2) is 10.9. The monoisotopic (exact) mass is 487 g/mol. The van der Waals surface area contributed by atoms with Gasteiger partial charge in [-0.2, -0.15) is 9.97 Å². The largest absolute Gasteiger partial charge is 0.471 e. The molecule has 1 saturated carbocycles. The summed E-state index contributed by atoms with van der Waals surface area (Å²) in [6, 6.07) is 19.4. The van der Waals surface area contributed by atoms with Gasteiger partial charge in [0.25, 0.3) is 0 Å². The van der Waals surface area contributed by atoms with Crippen LogP contribution < -0.4 is 10.1 Å². The molecule has 0 aliphatic heterocycles. The van der Waals surface area contributed by atoms with E-state index in [9.17, 15) is 4.79 Å². The SMILES string of the molecule is [3H]CCNc1nc(OCc2ccccc2)c2ncn(C3C[C@H](C)[C@@H](COCc4ccccc4)C3=O)c2n1. The first-order valence-electron chi connectivity index (χ1n) is 12.9. The van der Waals surface area contributed by atoms with Crippen LogP contribution in [-0.4, -0.2) is 38.5 Å². The van der Waals surface area contributed by atoms with Crippen LogP contribution in [0.15, 0.2) is 67.0 Å². The molecule has 2 heterocycles. The van der Waals surface area contributed by atoms with E-state index in [4.69, 9.17) is 10.8 Å². The zero-order valence-electron chi connectivity index (χ0n) is 21.3. The van der Waals surface area contributed by atoms with Crippen molar-refractivity contribution in [3.63, 3.8) is 0 Å². The number of carbonyl (C=O) groups excluding carboxylic acids is 1. The van der Waals surface area contributed by atoms with Crippen molar-refractivity contribution in [3.05, 3.63) is 78.1 Å². The molecule has 4 aromatic rings. The van der Waals surface area contributed by atoms with Crippen LogP contribution >= 0.6 is 0 Å². The van der Waals surface area contributed by atoms with E-state index < -0.39 is 0 Å². The van der Waals surface area contributed by atoms with Crippen LogP contribution in [0, 0.1) is 11.8 Å². The summed E-state index contributed by atoms with van der Waals surface area (Å²) in [5, 5.41) is 3.07. The molecule has 5 rings (SSSR count). The number of ether oxygens (including phenoxy) is 2. The topological polar surface area (TPSA) is 91.2 Å². The minimum Gasteiger partial charge on any atom is -0.471 e. The molecule has 186 valence electrons. The molecule has 1 aliphatic carbocycles. The second-order valence-electron chi connectivity index (χ2n) is 9.12. The van der Waals surface area contributed by atoms with E-state index in [1.54, 1.807) is 6.33 Å². The summed E-state index contributed by atoms with van der Waals surface area (Å²) in [4.78, 5) is 27.2. The van der Waals surface area contributed by atoms with Gasteiger partial charge < -0.3 is 19.4 Å². The molecule has 1 aliphatic rings. The number of anilines is 1. The smallest absolute Gasteiger partial charge is 0.247 e. The summed E-state index contributed by atoms with van der Waals surface area (Å²) in [6.45, 7) is 3.88. The van der Waals surface area contributed by atoms with Crippen molar-refractivity contribution in [1.82, 2.24) is 19.5 Å². The van der Waals surface area contributed by atoms with E-state index in [0.717, 1.165) is 11.1 Å². The molecule has 1 unspecified atom stereocenters. The third-order valence-electron chi connectivity index (χ3n) is 6.61. The zero-order valence-corrected chi connectivity index (χ0v) is 20.3. The molecule has 3 atom stereocenters. The maximum Gasteiger partial charge on any atom is 0.247 e. The van der Waals surface area contributed by atoms with Crippen LogP contribution in [0.5, 0.6) is 5.88 Å². The van der Waals surface area contributed by atoms with Gasteiger partial charge >= 0.3 is 0 Å². The first-order valence-corrected chi connectivity index (χ1v) is 12.2. The van der Waals surface area contributed by atoms with Gasteiger partial charge in [-0.1, -0.05) is 67.6 Å². The van der Waals surface area contributed by atoms with Gasteiger partial charge in [0, 0.05) is 13.8 Å². The molecule has 0 amide bonds. The quantitative estimate of drug-likeness (QED) is 0.343. The number of rotatable bonds is 10. The van der Waals surface area contributed by atoms with E-state index in [1.807, 2.05) is 65.2 Å². The van der Waals surface area contributed by atoms with Gasteiger partial charge in [0.1, 0.15) is 6.61 Å². The number of aromatic nitrogens is 4. The van der Waals surface area contributed by atoms with Gasteiger partial charge in [-0.25, -0.2) is 4.98 Å². The van der Waals surface area contributed by atoms with Gasteiger partial charge in [0.2, 0.25) is 11.8 Å². The molecule has 0 saturated heterocycles. The summed E-state index contributed by atoms with van der Waals surface area (Å²) in [5.74, 6) is 0.808. The molecule has 8 nitrogen and oxygen atoms in total. The van der Waals surface area contributed by atoms with Crippen LogP contribution in [0.25, 0.3) is 11.2 Å². The average molecular weight is 488 g/mol. The normalized spacial score (nSPS) is 20.0. The van der Waals surface area contributed by atoms with Gasteiger partial charge in [0.15, 0.2) is 16.9 Å². The lowest BCUT2D eigenvalue weighted by Crippen LogP contribution is -2.23. The minimum absolute atomic E-state index is 0.130.